The van der Waals surface area contributed by atoms with Crippen molar-refractivity contribution < 1.29 is 26.8 Å². The van der Waals surface area contributed by atoms with Crippen LogP contribution >= 0.6 is 11.6 Å². The summed E-state index contributed by atoms with van der Waals surface area (Å²) in [6, 6.07) is 8.44. The van der Waals surface area contributed by atoms with Gasteiger partial charge in [-0.25, -0.2) is 22.2 Å². The average molecular weight is 680 g/mol. The molecule has 0 bridgehead atoms. The molecule has 2 saturated carbocycles. The second kappa shape index (κ2) is 12.6. The van der Waals surface area contributed by atoms with Crippen molar-refractivity contribution in [2.45, 2.75) is 67.3 Å². The van der Waals surface area contributed by atoms with Crippen molar-refractivity contribution in [2.75, 3.05) is 49.1 Å². The van der Waals surface area contributed by atoms with Gasteiger partial charge in [0.15, 0.2) is 0 Å². The summed E-state index contributed by atoms with van der Waals surface area (Å²) in [5.74, 6) is -4.36. The topological polar surface area (TPSA) is 155 Å². The number of nitrogens with zero attached hydrogens (tertiary/aromatic N) is 4. The number of amides is 2. The Morgan fingerprint density at radius 1 is 1.07 bits per heavy atom. The van der Waals surface area contributed by atoms with Gasteiger partial charge in [-0.05, 0) is 74.9 Å². The van der Waals surface area contributed by atoms with Gasteiger partial charge in [0.25, 0.3) is 5.92 Å². The van der Waals surface area contributed by atoms with Gasteiger partial charge in [0.1, 0.15) is 11.0 Å². The number of sulfonamides is 1. The standard InChI is InChI=1S/C31H40ClF2N7O4S/c32-26-15-22(31(33,34)21-3-1-20(2-4-21)29(43)38-30(19-35)9-10-30)16-27(37-26)39-11-13-40(14-12-39)46(44,45)25-7-5-24(6-8-25)41-18-23(36)17-28(41)42/h5-8,15-16,20-21,23H,1-4,9-14,17-19,35-36H2,(H,38,43)/t20?,21?,23-/m1/s1. The third kappa shape index (κ3) is 6.59. The lowest BCUT2D eigenvalue weighted by molar-refractivity contribution is -0.130. The zero-order valence-electron chi connectivity index (χ0n) is 25.5. The van der Waals surface area contributed by atoms with Crippen LogP contribution in [-0.4, -0.2) is 80.4 Å². The minimum atomic E-state index is -3.83. The molecule has 2 amide bonds. The number of carbonyl (C=O) groups is 2. The summed E-state index contributed by atoms with van der Waals surface area (Å²) >= 11 is 6.25. The molecule has 5 N–H and O–H groups in total. The Balaban J connectivity index is 1.07. The van der Waals surface area contributed by atoms with Crippen LogP contribution in [0, 0.1) is 11.8 Å². The van der Waals surface area contributed by atoms with Gasteiger partial charge in [-0.1, -0.05) is 11.6 Å². The van der Waals surface area contributed by atoms with Crippen LogP contribution in [0.25, 0.3) is 0 Å². The number of piperazine rings is 1. The van der Waals surface area contributed by atoms with E-state index in [2.05, 4.69) is 10.3 Å². The Bertz CT molecular complexity index is 1580. The fraction of sp³-hybridized carbons (Fsp3) is 0.581. The largest absolute Gasteiger partial charge is 0.354 e. The van der Waals surface area contributed by atoms with Gasteiger partial charge in [0.2, 0.25) is 21.8 Å². The molecule has 4 fully saturated rings. The molecule has 3 heterocycles. The van der Waals surface area contributed by atoms with Gasteiger partial charge in [-0.2, -0.15) is 4.31 Å². The maximum atomic E-state index is 15.9. The Labute approximate surface area is 272 Å². The number of halogens is 3. The molecule has 1 atom stereocenters. The maximum absolute atomic E-state index is 15.9. The molecular weight excluding hydrogens is 640 g/mol. The number of nitrogens with two attached hydrogens (primary N) is 2. The van der Waals surface area contributed by atoms with Crippen molar-refractivity contribution in [3.63, 3.8) is 0 Å². The van der Waals surface area contributed by atoms with Crippen molar-refractivity contribution in [3.8, 4) is 0 Å². The van der Waals surface area contributed by atoms with E-state index in [-0.39, 0.29) is 96.2 Å². The van der Waals surface area contributed by atoms with E-state index in [0.29, 0.717) is 31.6 Å². The fourth-order valence-corrected chi connectivity index (χ4v) is 8.40. The molecule has 2 aromatic rings. The van der Waals surface area contributed by atoms with Gasteiger partial charge in [-0.15, -0.1) is 0 Å². The number of alkyl halides is 2. The van der Waals surface area contributed by atoms with Crippen LogP contribution in [0.4, 0.5) is 20.3 Å². The lowest BCUT2D eigenvalue weighted by Crippen LogP contribution is -2.49. The molecule has 2 aliphatic carbocycles. The molecule has 0 radical (unpaired) electrons. The van der Waals surface area contributed by atoms with E-state index in [4.69, 9.17) is 23.1 Å². The predicted molar refractivity (Wildman–Crippen MR) is 170 cm³/mol. The number of hydrogen-bond donors (Lipinski definition) is 3. The molecule has 0 unspecified atom stereocenters. The number of rotatable bonds is 9. The van der Waals surface area contributed by atoms with E-state index >= 15 is 8.78 Å². The molecule has 250 valence electrons. The van der Waals surface area contributed by atoms with Crippen LogP contribution < -0.4 is 26.6 Å². The summed E-state index contributed by atoms with van der Waals surface area (Å²) in [5, 5.41) is 2.95. The van der Waals surface area contributed by atoms with Crippen LogP contribution in [0.5, 0.6) is 0 Å². The number of carbonyl (C=O) groups excluding carboxylic acids is 2. The van der Waals surface area contributed by atoms with Gasteiger partial charge in [-0.3, -0.25) is 9.59 Å². The molecule has 6 rings (SSSR count). The van der Waals surface area contributed by atoms with E-state index in [1.54, 1.807) is 21.9 Å². The van der Waals surface area contributed by atoms with Crippen LogP contribution in [0.1, 0.15) is 50.5 Å². The minimum Gasteiger partial charge on any atom is -0.354 e. The molecule has 2 aliphatic heterocycles. The van der Waals surface area contributed by atoms with Crippen molar-refractivity contribution in [1.82, 2.24) is 14.6 Å². The lowest BCUT2D eigenvalue weighted by Gasteiger charge is -2.36. The fourth-order valence-electron chi connectivity index (χ4n) is 6.78. The first-order chi connectivity index (χ1) is 21.8. The van der Waals surface area contributed by atoms with Crippen LogP contribution in [-0.2, 0) is 25.5 Å². The number of aromatic nitrogens is 1. The van der Waals surface area contributed by atoms with E-state index in [1.165, 1.54) is 28.6 Å². The second-order valence-electron chi connectivity index (χ2n) is 13.0. The average Bonchev–Trinajstić information content (AvgIpc) is 3.74. The van der Waals surface area contributed by atoms with Crippen LogP contribution in [0.2, 0.25) is 5.15 Å². The number of nitrogens with one attached hydrogen (secondary N) is 1. The summed E-state index contributed by atoms with van der Waals surface area (Å²) < 4.78 is 59.9. The summed E-state index contributed by atoms with van der Waals surface area (Å²) in [6.07, 6.45) is 3.12. The number of anilines is 2. The lowest BCUT2D eigenvalue weighted by atomic mass is 9.77. The highest BCUT2D eigenvalue weighted by atomic mass is 35.5. The first kappa shape index (κ1) is 33.0. The molecule has 15 heteroatoms. The van der Waals surface area contributed by atoms with Crippen molar-refractivity contribution in [2.24, 2.45) is 23.3 Å². The zero-order chi connectivity index (χ0) is 32.9. The highest BCUT2D eigenvalue weighted by Crippen LogP contribution is 2.46. The van der Waals surface area contributed by atoms with Crippen LogP contribution in [0.3, 0.4) is 0 Å². The SMILES string of the molecule is NCC1(NC(=O)C2CCC(C(F)(F)c3cc(Cl)nc(N4CCN(S(=O)(=O)c5ccc(N6C[C@H](N)CC6=O)cc5)CC4)c3)CC2)CC1. The zero-order valence-corrected chi connectivity index (χ0v) is 27.1. The monoisotopic (exact) mass is 679 g/mol. The van der Waals surface area contributed by atoms with E-state index < -0.39 is 21.9 Å². The number of hydrogen-bond acceptors (Lipinski definition) is 8. The second-order valence-corrected chi connectivity index (χ2v) is 15.4. The third-order valence-corrected chi connectivity index (χ3v) is 12.0. The summed E-state index contributed by atoms with van der Waals surface area (Å²) in [5.41, 5.74) is 11.7. The quantitative estimate of drug-likeness (QED) is 0.342. The minimum absolute atomic E-state index is 0.0654. The summed E-state index contributed by atoms with van der Waals surface area (Å²) in [6.45, 7) is 1.49. The molecule has 46 heavy (non-hydrogen) atoms. The van der Waals surface area contributed by atoms with Crippen molar-refractivity contribution >= 4 is 44.9 Å². The van der Waals surface area contributed by atoms with E-state index in [0.717, 1.165) is 12.8 Å². The molecule has 11 nitrogen and oxygen atoms in total. The first-order valence-electron chi connectivity index (χ1n) is 15.8. The Morgan fingerprint density at radius 2 is 1.72 bits per heavy atom. The summed E-state index contributed by atoms with van der Waals surface area (Å²) in [7, 11) is -3.83. The summed E-state index contributed by atoms with van der Waals surface area (Å²) in [4.78, 5) is 32.6. The number of pyridine rings is 1. The molecule has 2 saturated heterocycles. The normalized spacial score (nSPS) is 25.5. The Kier molecular flexibility index (Phi) is 9.04. The van der Waals surface area contributed by atoms with Gasteiger partial charge in [0, 0.05) is 74.8 Å². The first-order valence-corrected chi connectivity index (χ1v) is 17.6. The van der Waals surface area contributed by atoms with Crippen molar-refractivity contribution in [1.29, 1.82) is 0 Å². The Hall–Kier alpha value is -2.91. The Morgan fingerprint density at radius 3 is 2.28 bits per heavy atom. The highest BCUT2D eigenvalue weighted by molar-refractivity contribution is 7.89. The van der Waals surface area contributed by atoms with Gasteiger partial charge < -0.3 is 26.6 Å². The smallest absolute Gasteiger partial charge is 0.276 e. The molecular formula is C31H40ClF2N7O4S. The molecule has 1 aromatic heterocycles. The number of benzene rings is 1. The van der Waals surface area contributed by atoms with Crippen molar-refractivity contribution in [3.05, 3.63) is 47.1 Å². The molecule has 1 aromatic carbocycles. The molecule has 4 aliphatic rings. The third-order valence-electron chi connectivity index (χ3n) is 9.91. The van der Waals surface area contributed by atoms with E-state index in [1.807, 2.05) is 0 Å². The van der Waals surface area contributed by atoms with E-state index in [9.17, 15) is 18.0 Å². The highest BCUT2D eigenvalue weighted by Gasteiger charge is 2.47. The van der Waals surface area contributed by atoms with Crippen LogP contribution in [0.15, 0.2) is 41.3 Å². The molecule has 0 spiro atoms. The predicted octanol–water partition coefficient (Wildman–Crippen LogP) is 2.82. The van der Waals surface area contributed by atoms with Gasteiger partial charge in [0.05, 0.1) is 10.4 Å². The van der Waals surface area contributed by atoms with Gasteiger partial charge >= 0.3 is 0 Å². The maximum Gasteiger partial charge on any atom is 0.276 e.